The van der Waals surface area contributed by atoms with Gasteiger partial charge in [0.2, 0.25) is 0 Å². The van der Waals surface area contributed by atoms with Crippen molar-refractivity contribution in [3.8, 4) is 0 Å². The number of halogens is 4. The van der Waals surface area contributed by atoms with E-state index in [4.69, 9.17) is 21.1 Å². The summed E-state index contributed by atoms with van der Waals surface area (Å²) in [7, 11) is -5.81. The van der Waals surface area contributed by atoms with Crippen LogP contribution in [0.1, 0.15) is 31.9 Å². The molecule has 1 saturated carbocycles. The van der Waals surface area contributed by atoms with Gasteiger partial charge in [-0.2, -0.15) is 21.6 Å². The van der Waals surface area contributed by atoms with Crippen LogP contribution in [0, 0.1) is 5.92 Å². The number of fused-ring (bicyclic) bond motifs is 1. The van der Waals surface area contributed by atoms with Crippen LogP contribution >= 0.6 is 11.6 Å². The Morgan fingerprint density at radius 1 is 1.22 bits per heavy atom. The summed E-state index contributed by atoms with van der Waals surface area (Å²) in [4.78, 5) is 0. The number of aliphatic hydroxyl groups excluding tert-OH is 1. The van der Waals surface area contributed by atoms with Gasteiger partial charge < -0.3 is 14.6 Å². The third-order valence-electron chi connectivity index (χ3n) is 4.61. The minimum atomic E-state index is -5.81. The summed E-state index contributed by atoms with van der Waals surface area (Å²) < 4.78 is 76.6. The minimum absolute atomic E-state index is 0.190. The molecule has 1 aliphatic heterocycles. The maximum Gasteiger partial charge on any atom is 0.523 e. The van der Waals surface area contributed by atoms with Gasteiger partial charge in [0.25, 0.3) is 0 Å². The zero-order valence-electron chi connectivity index (χ0n) is 14.3. The van der Waals surface area contributed by atoms with Crippen molar-refractivity contribution in [2.24, 2.45) is 5.92 Å². The number of aliphatic hydroxyl groups is 1. The molecule has 1 heterocycles. The van der Waals surface area contributed by atoms with Crippen LogP contribution in [0.5, 0.6) is 0 Å². The van der Waals surface area contributed by atoms with Crippen molar-refractivity contribution in [2.45, 2.75) is 56.0 Å². The summed E-state index contributed by atoms with van der Waals surface area (Å²) in [5.74, 6) is -1.89. The van der Waals surface area contributed by atoms with Gasteiger partial charge in [-0.15, -0.1) is 0 Å². The molecule has 1 aliphatic carbocycles. The molecule has 3 rings (SSSR count). The van der Waals surface area contributed by atoms with E-state index in [0.29, 0.717) is 10.6 Å². The van der Waals surface area contributed by atoms with E-state index in [1.165, 1.54) is 0 Å². The van der Waals surface area contributed by atoms with E-state index in [1.807, 2.05) is 0 Å². The molecular formula is C16H18ClF3O6S. The highest BCUT2D eigenvalue weighted by Gasteiger charge is 2.59. The van der Waals surface area contributed by atoms with Crippen molar-refractivity contribution in [3.63, 3.8) is 0 Å². The van der Waals surface area contributed by atoms with Gasteiger partial charge in [-0.1, -0.05) is 23.7 Å². The fourth-order valence-electron chi connectivity index (χ4n) is 3.50. The second-order valence-electron chi connectivity index (χ2n) is 7.00. The second kappa shape index (κ2) is 6.85. The molecule has 1 aromatic carbocycles. The predicted molar refractivity (Wildman–Crippen MR) is 88.2 cm³/mol. The van der Waals surface area contributed by atoms with Crippen LogP contribution in [-0.4, -0.2) is 43.1 Å². The molecule has 0 bridgehead atoms. The van der Waals surface area contributed by atoms with Crippen LogP contribution in [0.3, 0.4) is 0 Å². The van der Waals surface area contributed by atoms with Gasteiger partial charge in [0.1, 0.15) is 12.2 Å². The van der Waals surface area contributed by atoms with E-state index in [9.17, 15) is 26.7 Å². The SMILES string of the molecule is CC1(C)OC2C(OS(=O)(=O)C(F)(F)F)CC(C(O)c3ccc(Cl)cc3)C2O1. The lowest BCUT2D eigenvalue weighted by molar-refractivity contribution is -0.170. The fraction of sp³-hybridized carbons (Fsp3) is 0.625. The minimum Gasteiger partial charge on any atom is -0.388 e. The molecule has 11 heteroatoms. The van der Waals surface area contributed by atoms with Gasteiger partial charge in [-0.3, -0.25) is 4.18 Å². The number of hydrogen-bond acceptors (Lipinski definition) is 6. The quantitative estimate of drug-likeness (QED) is 0.583. The molecule has 1 aromatic rings. The molecule has 1 N–H and O–H groups in total. The highest BCUT2D eigenvalue weighted by molar-refractivity contribution is 7.87. The molecule has 2 aliphatic rings. The first kappa shape index (κ1) is 20.8. The zero-order valence-corrected chi connectivity index (χ0v) is 15.9. The Hall–Kier alpha value is -0.910. The maximum atomic E-state index is 12.7. The molecule has 2 fully saturated rings. The van der Waals surface area contributed by atoms with E-state index < -0.39 is 51.7 Å². The van der Waals surface area contributed by atoms with E-state index in [0.717, 1.165) is 0 Å². The van der Waals surface area contributed by atoms with Gasteiger partial charge >= 0.3 is 15.6 Å². The standard InChI is InChI=1S/C16H18ClF3O6S/c1-15(2)24-13-10(12(21)8-3-5-9(17)6-4-8)7-11(14(13)25-15)26-27(22,23)16(18,19)20/h3-6,10-14,21H,7H2,1-2H3. The molecule has 5 unspecified atom stereocenters. The Kier molecular flexibility index (Phi) is 5.28. The van der Waals surface area contributed by atoms with Crippen LogP contribution in [0.15, 0.2) is 24.3 Å². The first-order chi connectivity index (χ1) is 12.3. The first-order valence-electron chi connectivity index (χ1n) is 8.09. The van der Waals surface area contributed by atoms with Gasteiger partial charge in [-0.05, 0) is 38.0 Å². The van der Waals surface area contributed by atoms with Gasteiger partial charge in [-0.25, -0.2) is 0 Å². The number of alkyl halides is 3. The van der Waals surface area contributed by atoms with Crippen LogP contribution in [-0.2, 0) is 23.8 Å². The molecule has 5 atom stereocenters. The molecule has 0 aromatic heterocycles. The molecule has 0 amide bonds. The second-order valence-corrected chi connectivity index (χ2v) is 9.00. The average molecular weight is 431 g/mol. The molecule has 27 heavy (non-hydrogen) atoms. The number of rotatable bonds is 4. The van der Waals surface area contributed by atoms with Crippen LogP contribution in [0.4, 0.5) is 13.2 Å². The zero-order chi connectivity index (χ0) is 20.2. The molecule has 0 radical (unpaired) electrons. The number of benzene rings is 1. The van der Waals surface area contributed by atoms with Gasteiger partial charge in [0.15, 0.2) is 5.79 Å². The Balaban J connectivity index is 1.87. The van der Waals surface area contributed by atoms with E-state index >= 15 is 0 Å². The normalized spacial score (nSPS) is 31.7. The van der Waals surface area contributed by atoms with Crippen LogP contribution in [0.25, 0.3) is 0 Å². The molecule has 6 nitrogen and oxygen atoms in total. The Morgan fingerprint density at radius 2 is 1.78 bits per heavy atom. The largest absolute Gasteiger partial charge is 0.523 e. The average Bonchev–Trinajstić information content (AvgIpc) is 3.00. The van der Waals surface area contributed by atoms with Gasteiger partial charge in [0.05, 0.1) is 12.2 Å². The summed E-state index contributed by atoms with van der Waals surface area (Å²) in [5.41, 5.74) is -5.08. The van der Waals surface area contributed by atoms with Crippen molar-refractivity contribution >= 4 is 21.7 Å². The van der Waals surface area contributed by atoms with Crippen molar-refractivity contribution in [2.75, 3.05) is 0 Å². The van der Waals surface area contributed by atoms with Crippen molar-refractivity contribution in [3.05, 3.63) is 34.9 Å². The highest BCUT2D eigenvalue weighted by Crippen LogP contribution is 2.48. The molecule has 0 spiro atoms. The maximum absolute atomic E-state index is 12.7. The summed E-state index contributed by atoms with van der Waals surface area (Å²) >= 11 is 5.82. The van der Waals surface area contributed by atoms with Crippen molar-refractivity contribution < 1.29 is 40.4 Å². The Labute approximate surface area is 159 Å². The molecule has 1 saturated heterocycles. The lowest BCUT2D eigenvalue weighted by Crippen LogP contribution is -2.36. The smallest absolute Gasteiger partial charge is 0.388 e. The van der Waals surface area contributed by atoms with Gasteiger partial charge in [0, 0.05) is 10.9 Å². The fourth-order valence-corrected chi connectivity index (χ4v) is 4.25. The third kappa shape index (κ3) is 4.10. The van der Waals surface area contributed by atoms with E-state index in [2.05, 4.69) is 4.18 Å². The van der Waals surface area contributed by atoms with E-state index in [1.54, 1.807) is 38.1 Å². The number of ether oxygens (including phenoxy) is 2. The summed E-state index contributed by atoms with van der Waals surface area (Å²) in [5, 5.41) is 11.2. The lowest BCUT2D eigenvalue weighted by Gasteiger charge is -2.26. The van der Waals surface area contributed by atoms with Crippen molar-refractivity contribution in [1.82, 2.24) is 0 Å². The first-order valence-corrected chi connectivity index (χ1v) is 9.88. The van der Waals surface area contributed by atoms with Crippen molar-refractivity contribution in [1.29, 1.82) is 0 Å². The van der Waals surface area contributed by atoms with E-state index in [-0.39, 0.29) is 6.42 Å². The molecular weight excluding hydrogens is 413 g/mol. The highest BCUT2D eigenvalue weighted by atomic mass is 35.5. The summed E-state index contributed by atoms with van der Waals surface area (Å²) in [6, 6.07) is 6.27. The molecule has 152 valence electrons. The topological polar surface area (TPSA) is 82.1 Å². The third-order valence-corrected chi connectivity index (χ3v) is 5.93. The lowest BCUT2D eigenvalue weighted by atomic mass is 9.92. The summed E-state index contributed by atoms with van der Waals surface area (Å²) in [6.07, 6.45) is -4.65. The van der Waals surface area contributed by atoms with Crippen LogP contribution < -0.4 is 0 Å². The monoisotopic (exact) mass is 430 g/mol. The summed E-state index contributed by atoms with van der Waals surface area (Å²) in [6.45, 7) is 3.10. The predicted octanol–water partition coefficient (Wildman–Crippen LogP) is 3.15. The van der Waals surface area contributed by atoms with Crippen LogP contribution in [0.2, 0.25) is 5.02 Å². The Morgan fingerprint density at radius 3 is 2.33 bits per heavy atom. The number of hydrogen-bond donors (Lipinski definition) is 1. The Bertz CT molecular complexity index is 795.